The molecule has 1 unspecified atom stereocenters. The van der Waals surface area contributed by atoms with Gasteiger partial charge in [-0.2, -0.15) is 0 Å². The minimum Gasteiger partial charge on any atom is -0.480 e. The lowest BCUT2D eigenvalue weighted by molar-refractivity contribution is -0.138. The highest BCUT2D eigenvalue weighted by Crippen LogP contribution is 2.18. The van der Waals surface area contributed by atoms with Crippen LogP contribution < -0.4 is 5.73 Å². The van der Waals surface area contributed by atoms with Gasteiger partial charge in [0, 0.05) is 35.1 Å². The first-order valence-electron chi connectivity index (χ1n) is 6.31. The van der Waals surface area contributed by atoms with E-state index in [0.29, 0.717) is 13.0 Å². The van der Waals surface area contributed by atoms with Crippen LogP contribution in [0.15, 0.2) is 30.5 Å². The standard InChI is InChI=1S/C11H12N2O2.C3H5ClO2/c12-9(11(14)15)5-7-6-13-10-4-2-1-3-8(7)10;1-2-6-3(4)5/h1-4,6,9,13H,5,12H2,(H,14,15);2H2,1H3. The number of nitrogens with one attached hydrogen (secondary N) is 1. The van der Waals surface area contributed by atoms with Gasteiger partial charge in [0.1, 0.15) is 6.04 Å². The van der Waals surface area contributed by atoms with E-state index in [2.05, 4.69) is 9.72 Å². The summed E-state index contributed by atoms with van der Waals surface area (Å²) in [5.41, 5.74) is 6.70. The number of aromatic amines is 1. The Morgan fingerprint density at radius 2 is 2.10 bits per heavy atom. The molecule has 0 radical (unpaired) electrons. The third kappa shape index (κ3) is 5.45. The first-order chi connectivity index (χ1) is 9.95. The second-order valence-electron chi connectivity index (χ2n) is 4.18. The van der Waals surface area contributed by atoms with Gasteiger partial charge in [0.05, 0.1) is 6.61 Å². The quantitative estimate of drug-likeness (QED) is 0.752. The third-order valence-corrected chi connectivity index (χ3v) is 2.80. The molecule has 7 heteroatoms. The molecule has 0 aliphatic carbocycles. The molecule has 0 saturated heterocycles. The highest BCUT2D eigenvalue weighted by atomic mass is 35.5. The zero-order chi connectivity index (χ0) is 15.8. The van der Waals surface area contributed by atoms with Crippen LogP contribution in [0.3, 0.4) is 0 Å². The van der Waals surface area contributed by atoms with Crippen LogP contribution in [-0.4, -0.2) is 34.1 Å². The number of fused-ring (bicyclic) bond motifs is 1. The molecule has 1 aromatic heterocycles. The molecule has 6 nitrogen and oxygen atoms in total. The van der Waals surface area contributed by atoms with E-state index in [4.69, 9.17) is 22.4 Å². The van der Waals surface area contributed by atoms with Crippen LogP contribution in [0.2, 0.25) is 0 Å². The van der Waals surface area contributed by atoms with Gasteiger partial charge in [-0.25, -0.2) is 4.79 Å². The van der Waals surface area contributed by atoms with E-state index in [1.54, 1.807) is 6.92 Å². The Hall–Kier alpha value is -2.05. The number of carbonyl (C=O) groups is 2. The number of carboxylic acids is 1. The Morgan fingerprint density at radius 3 is 2.62 bits per heavy atom. The zero-order valence-corrected chi connectivity index (χ0v) is 12.3. The van der Waals surface area contributed by atoms with Gasteiger partial charge in [-0.3, -0.25) is 4.79 Å². The van der Waals surface area contributed by atoms with E-state index in [-0.39, 0.29) is 0 Å². The SMILES string of the molecule is CCOC(=O)Cl.NC(Cc1c[nH]c2ccccc12)C(=O)O. The average molecular weight is 313 g/mol. The van der Waals surface area contributed by atoms with E-state index in [1.807, 2.05) is 30.5 Å². The van der Waals surface area contributed by atoms with Gasteiger partial charge in [-0.15, -0.1) is 0 Å². The first kappa shape index (κ1) is 17.0. The fourth-order valence-electron chi connectivity index (χ4n) is 1.74. The molecule has 0 bridgehead atoms. The zero-order valence-electron chi connectivity index (χ0n) is 11.5. The van der Waals surface area contributed by atoms with E-state index < -0.39 is 17.4 Å². The van der Waals surface area contributed by atoms with E-state index in [1.165, 1.54) is 0 Å². The molecule has 2 rings (SSSR count). The number of aromatic nitrogens is 1. The van der Waals surface area contributed by atoms with Crippen LogP contribution in [-0.2, 0) is 16.0 Å². The van der Waals surface area contributed by atoms with E-state index >= 15 is 0 Å². The van der Waals surface area contributed by atoms with Crippen molar-refractivity contribution < 1.29 is 19.4 Å². The van der Waals surface area contributed by atoms with Crippen molar-refractivity contribution in [3.8, 4) is 0 Å². The van der Waals surface area contributed by atoms with Crippen LogP contribution in [0.25, 0.3) is 10.9 Å². The number of benzene rings is 1. The molecule has 4 N–H and O–H groups in total. The maximum atomic E-state index is 10.6. The smallest absolute Gasteiger partial charge is 0.403 e. The summed E-state index contributed by atoms with van der Waals surface area (Å²) in [7, 11) is 0. The topological polar surface area (TPSA) is 105 Å². The fourth-order valence-corrected chi connectivity index (χ4v) is 1.85. The fraction of sp³-hybridized carbons (Fsp3) is 0.286. The predicted octanol–water partition coefficient (Wildman–Crippen LogP) is 2.50. The van der Waals surface area contributed by atoms with Crippen molar-refractivity contribution in [3.63, 3.8) is 0 Å². The lowest BCUT2D eigenvalue weighted by atomic mass is 10.1. The maximum Gasteiger partial charge on any atom is 0.403 e. The number of carbonyl (C=O) groups excluding carboxylic acids is 1. The molecule has 2 aromatic rings. The van der Waals surface area contributed by atoms with Crippen molar-refractivity contribution in [1.29, 1.82) is 0 Å². The van der Waals surface area contributed by atoms with E-state index in [9.17, 15) is 9.59 Å². The molecule has 0 saturated carbocycles. The van der Waals surface area contributed by atoms with Crippen molar-refractivity contribution >= 4 is 33.9 Å². The maximum absolute atomic E-state index is 10.6. The average Bonchev–Trinajstić information content (AvgIpc) is 2.83. The molecule has 21 heavy (non-hydrogen) atoms. The molecule has 1 heterocycles. The Balaban J connectivity index is 0.000000315. The summed E-state index contributed by atoms with van der Waals surface area (Å²) in [5, 5.41) is 9.75. The Morgan fingerprint density at radius 1 is 1.43 bits per heavy atom. The number of carboxylic acid groups (broad SMARTS) is 1. The molecule has 0 aliphatic rings. The molecule has 1 aromatic carbocycles. The van der Waals surface area contributed by atoms with Gasteiger partial charge < -0.3 is 20.6 Å². The van der Waals surface area contributed by atoms with Crippen LogP contribution in [0.1, 0.15) is 12.5 Å². The van der Waals surface area contributed by atoms with Crippen molar-refractivity contribution in [2.24, 2.45) is 5.73 Å². The molecular formula is C14H17ClN2O4. The normalized spacial score (nSPS) is 11.4. The minimum atomic E-state index is -0.972. The van der Waals surface area contributed by atoms with Gasteiger partial charge in [0.2, 0.25) is 0 Å². The van der Waals surface area contributed by atoms with Crippen molar-refractivity contribution in [2.45, 2.75) is 19.4 Å². The summed E-state index contributed by atoms with van der Waals surface area (Å²) in [6.45, 7) is 2.04. The van der Waals surface area contributed by atoms with E-state index in [0.717, 1.165) is 16.5 Å². The lowest BCUT2D eigenvalue weighted by Crippen LogP contribution is -2.32. The number of nitrogens with two attached hydrogens (primary N) is 1. The number of hydrogen-bond donors (Lipinski definition) is 3. The molecule has 0 aliphatic heterocycles. The van der Waals surface area contributed by atoms with Gasteiger partial charge in [0.15, 0.2) is 0 Å². The summed E-state index contributed by atoms with van der Waals surface area (Å²) >= 11 is 4.72. The summed E-state index contributed by atoms with van der Waals surface area (Å²) < 4.78 is 4.17. The highest BCUT2D eigenvalue weighted by molar-refractivity contribution is 6.61. The Kier molecular flexibility index (Phi) is 6.71. The second-order valence-corrected chi connectivity index (χ2v) is 4.49. The van der Waals surface area contributed by atoms with Gasteiger partial charge in [0.25, 0.3) is 0 Å². The third-order valence-electron chi connectivity index (χ3n) is 2.69. The summed E-state index contributed by atoms with van der Waals surface area (Å²) in [4.78, 5) is 23.3. The number of H-pyrrole nitrogens is 1. The van der Waals surface area contributed by atoms with Crippen molar-refractivity contribution in [3.05, 3.63) is 36.0 Å². The summed E-state index contributed by atoms with van der Waals surface area (Å²) in [5.74, 6) is -0.972. The largest absolute Gasteiger partial charge is 0.480 e. The van der Waals surface area contributed by atoms with Crippen LogP contribution in [0.4, 0.5) is 4.79 Å². The molecule has 0 amide bonds. The number of rotatable bonds is 4. The molecule has 0 spiro atoms. The minimum absolute atomic E-state index is 0.347. The Labute approximate surface area is 126 Å². The molecular weight excluding hydrogens is 296 g/mol. The molecule has 1 atom stereocenters. The second kappa shape index (κ2) is 8.28. The van der Waals surface area contributed by atoms with Crippen molar-refractivity contribution in [2.75, 3.05) is 6.61 Å². The van der Waals surface area contributed by atoms with Crippen LogP contribution in [0.5, 0.6) is 0 Å². The highest BCUT2D eigenvalue weighted by Gasteiger charge is 2.14. The molecule has 114 valence electrons. The van der Waals surface area contributed by atoms with Crippen LogP contribution >= 0.6 is 11.6 Å². The summed E-state index contributed by atoms with van der Waals surface area (Å²) in [6, 6.07) is 6.91. The van der Waals surface area contributed by atoms with Gasteiger partial charge in [-0.05, 0) is 18.6 Å². The number of hydrogen-bond acceptors (Lipinski definition) is 4. The molecule has 0 fully saturated rings. The lowest BCUT2D eigenvalue weighted by Gasteiger charge is -2.04. The Bertz CT molecular complexity index is 612. The number of aliphatic carboxylic acids is 1. The number of halogens is 1. The number of ether oxygens (including phenoxy) is 1. The first-order valence-corrected chi connectivity index (χ1v) is 6.69. The van der Waals surface area contributed by atoms with Gasteiger partial charge >= 0.3 is 11.4 Å². The number of para-hydroxylation sites is 1. The van der Waals surface area contributed by atoms with Crippen LogP contribution in [0, 0.1) is 0 Å². The monoisotopic (exact) mass is 312 g/mol. The van der Waals surface area contributed by atoms with Crippen molar-refractivity contribution in [1.82, 2.24) is 4.98 Å². The van der Waals surface area contributed by atoms with Gasteiger partial charge in [-0.1, -0.05) is 18.2 Å². The summed E-state index contributed by atoms with van der Waals surface area (Å²) in [6.07, 6.45) is 2.16. The predicted molar refractivity (Wildman–Crippen MR) is 80.5 cm³/mol.